The van der Waals surface area contributed by atoms with E-state index in [9.17, 15) is 4.79 Å². The highest BCUT2D eigenvalue weighted by Crippen LogP contribution is 2.27. The SMILES string of the molecule is CC(C1=CCNCC1)c1ccc(C(=O)O)cc1. The van der Waals surface area contributed by atoms with E-state index in [4.69, 9.17) is 5.11 Å². The van der Waals surface area contributed by atoms with E-state index >= 15 is 0 Å². The summed E-state index contributed by atoms with van der Waals surface area (Å²) in [6.07, 6.45) is 3.31. The topological polar surface area (TPSA) is 49.3 Å². The molecule has 1 atom stereocenters. The molecule has 2 N–H and O–H groups in total. The van der Waals surface area contributed by atoms with Crippen molar-refractivity contribution in [1.29, 1.82) is 0 Å². The van der Waals surface area contributed by atoms with Gasteiger partial charge in [0, 0.05) is 12.5 Å². The minimum absolute atomic E-state index is 0.347. The van der Waals surface area contributed by atoms with Crippen LogP contribution in [-0.4, -0.2) is 24.2 Å². The van der Waals surface area contributed by atoms with Crippen LogP contribution < -0.4 is 5.32 Å². The Morgan fingerprint density at radius 2 is 2.06 bits per heavy atom. The maximum Gasteiger partial charge on any atom is 0.335 e. The van der Waals surface area contributed by atoms with Gasteiger partial charge in [-0.2, -0.15) is 0 Å². The molecule has 2 rings (SSSR count). The summed E-state index contributed by atoms with van der Waals surface area (Å²) in [4.78, 5) is 10.8. The lowest BCUT2D eigenvalue weighted by atomic mass is 9.89. The molecule has 0 spiro atoms. The molecule has 3 nitrogen and oxygen atoms in total. The van der Waals surface area contributed by atoms with E-state index in [2.05, 4.69) is 18.3 Å². The molecule has 1 aliphatic rings. The molecule has 0 saturated heterocycles. The Hall–Kier alpha value is -1.61. The molecule has 1 aliphatic heterocycles. The zero-order valence-electron chi connectivity index (χ0n) is 9.94. The molecule has 0 radical (unpaired) electrons. The zero-order valence-corrected chi connectivity index (χ0v) is 9.94. The molecule has 0 saturated carbocycles. The molecule has 0 bridgehead atoms. The molecule has 1 aromatic carbocycles. The van der Waals surface area contributed by atoms with E-state index in [0.29, 0.717) is 11.5 Å². The Bertz CT molecular complexity index is 434. The molecule has 0 aromatic heterocycles. The predicted octanol–water partition coefficient (Wildman–Crippen LogP) is 2.41. The largest absolute Gasteiger partial charge is 0.478 e. The second kappa shape index (κ2) is 5.15. The number of carboxylic acid groups (broad SMARTS) is 1. The highest BCUT2D eigenvalue weighted by Gasteiger charge is 2.13. The summed E-state index contributed by atoms with van der Waals surface area (Å²) in [5, 5.41) is 12.1. The minimum Gasteiger partial charge on any atom is -0.478 e. The van der Waals surface area contributed by atoms with Crippen LogP contribution in [-0.2, 0) is 0 Å². The monoisotopic (exact) mass is 231 g/mol. The van der Waals surface area contributed by atoms with Crippen molar-refractivity contribution in [1.82, 2.24) is 5.32 Å². The summed E-state index contributed by atoms with van der Waals surface area (Å²) in [5.41, 5.74) is 2.97. The van der Waals surface area contributed by atoms with Gasteiger partial charge in [0.2, 0.25) is 0 Å². The summed E-state index contributed by atoms with van der Waals surface area (Å²) in [7, 11) is 0. The molecule has 0 fully saturated rings. The minimum atomic E-state index is -0.870. The van der Waals surface area contributed by atoms with Crippen molar-refractivity contribution in [2.45, 2.75) is 19.3 Å². The van der Waals surface area contributed by atoms with Crippen molar-refractivity contribution in [2.75, 3.05) is 13.1 Å². The van der Waals surface area contributed by atoms with Crippen LogP contribution >= 0.6 is 0 Å². The lowest BCUT2D eigenvalue weighted by Crippen LogP contribution is -2.22. The molecule has 1 unspecified atom stereocenters. The van der Waals surface area contributed by atoms with E-state index < -0.39 is 5.97 Å². The quantitative estimate of drug-likeness (QED) is 0.785. The molecular weight excluding hydrogens is 214 g/mol. The fourth-order valence-electron chi connectivity index (χ4n) is 2.16. The Morgan fingerprint density at radius 1 is 1.35 bits per heavy atom. The van der Waals surface area contributed by atoms with E-state index in [1.54, 1.807) is 12.1 Å². The lowest BCUT2D eigenvalue weighted by Gasteiger charge is -2.20. The van der Waals surface area contributed by atoms with E-state index in [1.807, 2.05) is 12.1 Å². The molecule has 17 heavy (non-hydrogen) atoms. The molecular formula is C14H17NO2. The van der Waals surface area contributed by atoms with Crippen LogP contribution in [0.15, 0.2) is 35.9 Å². The molecule has 1 aromatic rings. The Balaban J connectivity index is 2.16. The van der Waals surface area contributed by atoms with Gasteiger partial charge >= 0.3 is 5.97 Å². The number of carbonyl (C=O) groups is 1. The van der Waals surface area contributed by atoms with Crippen molar-refractivity contribution in [3.63, 3.8) is 0 Å². The lowest BCUT2D eigenvalue weighted by molar-refractivity contribution is 0.0697. The third-order valence-corrected chi connectivity index (χ3v) is 3.31. The normalized spacial score (nSPS) is 17.4. The highest BCUT2D eigenvalue weighted by atomic mass is 16.4. The van der Waals surface area contributed by atoms with Crippen molar-refractivity contribution < 1.29 is 9.90 Å². The number of benzene rings is 1. The maximum absolute atomic E-state index is 10.8. The van der Waals surface area contributed by atoms with Gasteiger partial charge < -0.3 is 10.4 Å². The van der Waals surface area contributed by atoms with Crippen LogP contribution in [0.4, 0.5) is 0 Å². The predicted molar refractivity (Wildman–Crippen MR) is 67.4 cm³/mol. The number of nitrogens with one attached hydrogen (secondary N) is 1. The summed E-state index contributed by atoms with van der Waals surface area (Å²) in [6, 6.07) is 7.18. The summed E-state index contributed by atoms with van der Waals surface area (Å²) in [6.45, 7) is 4.14. The summed E-state index contributed by atoms with van der Waals surface area (Å²) < 4.78 is 0. The average molecular weight is 231 g/mol. The van der Waals surface area contributed by atoms with Crippen LogP contribution in [0, 0.1) is 0 Å². The average Bonchev–Trinajstić information content (AvgIpc) is 2.39. The second-order valence-electron chi connectivity index (χ2n) is 4.38. The Labute approximate surface area is 101 Å². The number of carboxylic acids is 1. The van der Waals surface area contributed by atoms with Gasteiger partial charge in [0.25, 0.3) is 0 Å². The molecule has 0 aliphatic carbocycles. The molecule has 90 valence electrons. The third kappa shape index (κ3) is 2.74. The highest BCUT2D eigenvalue weighted by molar-refractivity contribution is 5.87. The van der Waals surface area contributed by atoms with Gasteiger partial charge in [-0.15, -0.1) is 0 Å². The fourth-order valence-corrected chi connectivity index (χ4v) is 2.16. The standard InChI is InChI=1S/C14H17NO2/c1-10(12-6-8-15-9-7-12)11-2-4-13(5-3-11)14(16)17/h2-6,10,15H,7-9H2,1H3,(H,16,17). The van der Waals surface area contributed by atoms with E-state index in [-0.39, 0.29) is 0 Å². The number of rotatable bonds is 3. The van der Waals surface area contributed by atoms with Crippen molar-refractivity contribution in [3.05, 3.63) is 47.0 Å². The van der Waals surface area contributed by atoms with Crippen LogP contribution in [0.5, 0.6) is 0 Å². The first-order chi connectivity index (χ1) is 8.18. The smallest absolute Gasteiger partial charge is 0.335 e. The van der Waals surface area contributed by atoms with Crippen molar-refractivity contribution in [2.24, 2.45) is 0 Å². The Morgan fingerprint density at radius 3 is 2.59 bits per heavy atom. The van der Waals surface area contributed by atoms with Crippen LogP contribution in [0.2, 0.25) is 0 Å². The summed E-state index contributed by atoms with van der Waals surface area (Å²) >= 11 is 0. The number of hydrogen-bond donors (Lipinski definition) is 2. The van der Waals surface area contributed by atoms with Crippen LogP contribution in [0.25, 0.3) is 0 Å². The van der Waals surface area contributed by atoms with Crippen molar-refractivity contribution in [3.8, 4) is 0 Å². The molecule has 1 heterocycles. The van der Waals surface area contributed by atoms with Gasteiger partial charge in [0.1, 0.15) is 0 Å². The van der Waals surface area contributed by atoms with E-state index in [1.165, 1.54) is 11.1 Å². The first-order valence-corrected chi connectivity index (χ1v) is 5.91. The number of hydrogen-bond acceptors (Lipinski definition) is 2. The first-order valence-electron chi connectivity index (χ1n) is 5.91. The van der Waals surface area contributed by atoms with Crippen molar-refractivity contribution >= 4 is 5.97 Å². The molecule has 0 amide bonds. The third-order valence-electron chi connectivity index (χ3n) is 3.31. The summed E-state index contributed by atoms with van der Waals surface area (Å²) in [5.74, 6) is -0.495. The van der Waals surface area contributed by atoms with Gasteiger partial charge in [-0.3, -0.25) is 0 Å². The Kier molecular flexibility index (Phi) is 3.59. The van der Waals surface area contributed by atoms with Crippen LogP contribution in [0.3, 0.4) is 0 Å². The fraction of sp³-hybridized carbons (Fsp3) is 0.357. The van der Waals surface area contributed by atoms with Gasteiger partial charge in [0.15, 0.2) is 0 Å². The van der Waals surface area contributed by atoms with Crippen LogP contribution in [0.1, 0.15) is 35.2 Å². The first kappa shape index (κ1) is 11.9. The zero-order chi connectivity index (χ0) is 12.3. The second-order valence-corrected chi connectivity index (χ2v) is 4.38. The van der Waals surface area contributed by atoms with E-state index in [0.717, 1.165) is 19.5 Å². The number of aromatic carboxylic acids is 1. The van der Waals surface area contributed by atoms with Gasteiger partial charge in [-0.05, 0) is 30.7 Å². The van der Waals surface area contributed by atoms with Gasteiger partial charge in [-0.1, -0.05) is 30.7 Å². The maximum atomic E-state index is 10.8. The van der Waals surface area contributed by atoms with Gasteiger partial charge in [-0.25, -0.2) is 4.79 Å². The van der Waals surface area contributed by atoms with Gasteiger partial charge in [0.05, 0.1) is 5.56 Å². The molecule has 3 heteroatoms.